The molecule has 0 N–H and O–H groups in total. The molecule has 1 heterocycles. The number of hydrogen-bond acceptors (Lipinski definition) is 2. The number of nitrogens with zero attached hydrogens (tertiary/aromatic N) is 2. The second-order valence-corrected chi connectivity index (χ2v) is 3.73. The highest BCUT2D eigenvalue weighted by Crippen LogP contribution is 2.23. The van der Waals surface area contributed by atoms with Gasteiger partial charge in [-0.25, -0.2) is 0 Å². The van der Waals surface area contributed by atoms with Crippen molar-refractivity contribution >= 4 is 0 Å². The first-order valence-electron chi connectivity index (χ1n) is 5.41. The maximum Gasteiger partial charge on any atom is 0.111 e. The first kappa shape index (κ1) is 13.1. The standard InChI is InChI=1S/C10H18N2.C2H6/c1-8(2)10-11(5)6-7-12(10)9(3)4;1-2/h6-7,9H,1-5H3;1-2H3. The van der Waals surface area contributed by atoms with E-state index in [0.717, 1.165) is 0 Å². The molecule has 2 nitrogen and oxygen atoms in total. The molecule has 0 atom stereocenters. The van der Waals surface area contributed by atoms with Crippen molar-refractivity contribution in [3.05, 3.63) is 23.8 Å². The summed E-state index contributed by atoms with van der Waals surface area (Å²) in [6, 6.07) is 0.538. The van der Waals surface area contributed by atoms with Gasteiger partial charge in [-0.1, -0.05) is 13.8 Å². The van der Waals surface area contributed by atoms with Crippen LogP contribution in [0, 0.1) is 0 Å². The molecular formula is C12H24N2. The first-order chi connectivity index (χ1) is 6.54. The molecule has 0 aliphatic carbocycles. The second kappa shape index (κ2) is 5.74. The summed E-state index contributed by atoms with van der Waals surface area (Å²) in [5, 5.41) is 0. The van der Waals surface area contributed by atoms with Gasteiger partial charge in [0.05, 0.1) is 0 Å². The highest BCUT2D eigenvalue weighted by atomic mass is 15.4. The van der Waals surface area contributed by atoms with Gasteiger partial charge in [0.1, 0.15) is 5.82 Å². The van der Waals surface area contributed by atoms with E-state index < -0.39 is 0 Å². The smallest absolute Gasteiger partial charge is 0.111 e. The molecule has 0 aromatic heterocycles. The number of rotatable bonds is 1. The maximum atomic E-state index is 2.29. The van der Waals surface area contributed by atoms with Gasteiger partial charge in [-0.05, 0) is 33.3 Å². The largest absolute Gasteiger partial charge is 0.336 e. The molecule has 2 heteroatoms. The molecule has 14 heavy (non-hydrogen) atoms. The van der Waals surface area contributed by atoms with Crippen molar-refractivity contribution in [2.45, 2.75) is 47.6 Å². The van der Waals surface area contributed by atoms with E-state index in [1.807, 2.05) is 13.8 Å². The van der Waals surface area contributed by atoms with Gasteiger partial charge in [-0.3, -0.25) is 0 Å². The van der Waals surface area contributed by atoms with Crippen molar-refractivity contribution in [3.8, 4) is 0 Å². The van der Waals surface area contributed by atoms with Crippen LogP contribution in [0.2, 0.25) is 0 Å². The lowest BCUT2D eigenvalue weighted by Gasteiger charge is -2.27. The van der Waals surface area contributed by atoms with Gasteiger partial charge in [-0.2, -0.15) is 0 Å². The fourth-order valence-electron chi connectivity index (χ4n) is 1.52. The van der Waals surface area contributed by atoms with E-state index in [1.165, 1.54) is 11.4 Å². The summed E-state index contributed by atoms with van der Waals surface area (Å²) < 4.78 is 0. The molecule has 1 aliphatic rings. The lowest BCUT2D eigenvalue weighted by molar-refractivity contribution is 0.332. The van der Waals surface area contributed by atoms with Crippen LogP contribution in [0.3, 0.4) is 0 Å². The molecule has 0 saturated heterocycles. The molecule has 0 bridgehead atoms. The maximum absolute atomic E-state index is 2.29. The molecular weight excluding hydrogens is 172 g/mol. The fourth-order valence-corrected chi connectivity index (χ4v) is 1.52. The molecule has 0 saturated carbocycles. The molecule has 0 aromatic rings. The predicted molar refractivity (Wildman–Crippen MR) is 63.6 cm³/mol. The predicted octanol–water partition coefficient (Wildman–Crippen LogP) is 3.39. The summed E-state index contributed by atoms with van der Waals surface area (Å²) in [4.78, 5) is 4.45. The molecule has 1 rings (SSSR count). The van der Waals surface area contributed by atoms with Crippen LogP contribution in [0.25, 0.3) is 0 Å². The number of hydrogen-bond donors (Lipinski definition) is 0. The Labute approximate surface area is 88.9 Å². The third kappa shape index (κ3) is 2.79. The minimum atomic E-state index is 0.538. The van der Waals surface area contributed by atoms with Crippen LogP contribution in [0.5, 0.6) is 0 Å². The van der Waals surface area contributed by atoms with Crippen LogP contribution in [-0.4, -0.2) is 22.9 Å². The zero-order valence-electron chi connectivity index (χ0n) is 10.6. The quantitative estimate of drug-likeness (QED) is 0.634. The van der Waals surface area contributed by atoms with Crippen LogP contribution < -0.4 is 0 Å². The van der Waals surface area contributed by atoms with Gasteiger partial charge < -0.3 is 9.80 Å². The highest BCUT2D eigenvalue weighted by Gasteiger charge is 2.19. The molecule has 0 spiro atoms. The SMILES string of the molecule is CC.CC(C)=C1N(C)C=CN1C(C)C. The molecule has 0 aromatic carbocycles. The number of allylic oxidation sites excluding steroid dienone is 1. The third-order valence-electron chi connectivity index (χ3n) is 2.03. The summed E-state index contributed by atoms with van der Waals surface area (Å²) in [6.07, 6.45) is 4.23. The Bertz CT molecular complexity index is 222. The Hall–Kier alpha value is -0.920. The van der Waals surface area contributed by atoms with Crippen molar-refractivity contribution in [3.63, 3.8) is 0 Å². The normalized spacial score (nSPS) is 14.7. The van der Waals surface area contributed by atoms with E-state index in [-0.39, 0.29) is 0 Å². The Balaban J connectivity index is 0.000000791. The highest BCUT2D eigenvalue weighted by molar-refractivity contribution is 5.18. The third-order valence-corrected chi connectivity index (χ3v) is 2.03. The van der Waals surface area contributed by atoms with Crippen LogP contribution in [0.15, 0.2) is 23.8 Å². The van der Waals surface area contributed by atoms with Crippen LogP contribution in [0.4, 0.5) is 0 Å². The van der Waals surface area contributed by atoms with E-state index >= 15 is 0 Å². The Morgan fingerprint density at radius 1 is 1.14 bits per heavy atom. The fraction of sp³-hybridized carbons (Fsp3) is 0.667. The second-order valence-electron chi connectivity index (χ2n) is 3.73. The van der Waals surface area contributed by atoms with Crippen molar-refractivity contribution in [2.24, 2.45) is 0 Å². The lowest BCUT2D eigenvalue weighted by atomic mass is 10.3. The summed E-state index contributed by atoms with van der Waals surface area (Å²) in [5.41, 5.74) is 1.36. The Morgan fingerprint density at radius 2 is 1.64 bits per heavy atom. The van der Waals surface area contributed by atoms with E-state index in [9.17, 15) is 0 Å². The van der Waals surface area contributed by atoms with Crippen molar-refractivity contribution in [2.75, 3.05) is 7.05 Å². The summed E-state index contributed by atoms with van der Waals surface area (Å²) >= 11 is 0. The zero-order chi connectivity index (χ0) is 11.3. The first-order valence-corrected chi connectivity index (χ1v) is 5.41. The van der Waals surface area contributed by atoms with Crippen LogP contribution >= 0.6 is 0 Å². The average molecular weight is 196 g/mol. The van der Waals surface area contributed by atoms with Gasteiger partial charge >= 0.3 is 0 Å². The van der Waals surface area contributed by atoms with E-state index in [2.05, 4.69) is 56.9 Å². The molecule has 0 unspecified atom stereocenters. The molecule has 0 radical (unpaired) electrons. The van der Waals surface area contributed by atoms with E-state index in [0.29, 0.717) is 6.04 Å². The van der Waals surface area contributed by atoms with Gasteiger partial charge in [0.2, 0.25) is 0 Å². The minimum Gasteiger partial charge on any atom is -0.336 e. The Kier molecular flexibility index (Phi) is 5.36. The minimum absolute atomic E-state index is 0.538. The molecule has 0 fully saturated rings. The van der Waals surface area contributed by atoms with Gasteiger partial charge in [0, 0.05) is 25.5 Å². The summed E-state index contributed by atoms with van der Waals surface area (Å²) in [6.45, 7) is 12.7. The van der Waals surface area contributed by atoms with E-state index in [1.54, 1.807) is 0 Å². The van der Waals surface area contributed by atoms with Crippen LogP contribution in [0.1, 0.15) is 41.5 Å². The molecule has 0 amide bonds. The average Bonchev–Trinajstić information content (AvgIpc) is 2.50. The molecule has 82 valence electrons. The van der Waals surface area contributed by atoms with Gasteiger partial charge in [-0.15, -0.1) is 0 Å². The van der Waals surface area contributed by atoms with Gasteiger partial charge in [0.15, 0.2) is 0 Å². The van der Waals surface area contributed by atoms with Crippen molar-refractivity contribution in [1.82, 2.24) is 9.80 Å². The van der Waals surface area contributed by atoms with Crippen LogP contribution in [-0.2, 0) is 0 Å². The summed E-state index contributed by atoms with van der Waals surface area (Å²) in [5.74, 6) is 1.31. The lowest BCUT2D eigenvalue weighted by Crippen LogP contribution is -2.27. The Morgan fingerprint density at radius 3 is 1.93 bits per heavy atom. The monoisotopic (exact) mass is 196 g/mol. The van der Waals surface area contributed by atoms with Crippen molar-refractivity contribution < 1.29 is 0 Å². The zero-order valence-corrected chi connectivity index (χ0v) is 10.6. The van der Waals surface area contributed by atoms with Gasteiger partial charge in [0.25, 0.3) is 0 Å². The van der Waals surface area contributed by atoms with E-state index in [4.69, 9.17) is 0 Å². The summed E-state index contributed by atoms with van der Waals surface area (Å²) in [7, 11) is 2.08. The topological polar surface area (TPSA) is 6.48 Å². The van der Waals surface area contributed by atoms with Crippen molar-refractivity contribution in [1.29, 1.82) is 0 Å². The molecule has 1 aliphatic heterocycles.